The van der Waals surface area contributed by atoms with E-state index in [1.54, 1.807) is 42.5 Å². The molecule has 112 valence electrons. The Balaban J connectivity index is 2.21. The Hall–Kier alpha value is -2.25. The van der Waals surface area contributed by atoms with Crippen molar-refractivity contribution in [3.8, 4) is 5.75 Å². The van der Waals surface area contributed by atoms with Gasteiger partial charge in [0, 0.05) is 10.0 Å². The zero-order valence-corrected chi connectivity index (χ0v) is 13.7. The minimum atomic E-state index is -0.445. The number of nitrogens with zero attached hydrogens (tertiary/aromatic N) is 1. The maximum absolute atomic E-state index is 12.1. The van der Waals surface area contributed by atoms with E-state index in [4.69, 9.17) is 10.5 Å². The van der Waals surface area contributed by atoms with E-state index in [2.05, 4.69) is 38.7 Å². The van der Waals surface area contributed by atoms with E-state index in [1.807, 2.05) is 6.07 Å². The lowest BCUT2D eigenvalue weighted by Crippen LogP contribution is -2.24. The Kier molecular flexibility index (Phi) is 5.62. The first-order chi connectivity index (χ1) is 10.6. The topological polar surface area (TPSA) is 76.7 Å². The van der Waals surface area contributed by atoms with Crippen molar-refractivity contribution < 1.29 is 9.53 Å². The lowest BCUT2D eigenvalue weighted by molar-refractivity contribution is 0.0734. The third-order valence-electron chi connectivity index (χ3n) is 2.56. The number of hydrazone groups is 1. The second-order valence-electron chi connectivity index (χ2n) is 4.17. The number of thiocarbonyl (C=S) groups is 1. The molecule has 3 N–H and O–H groups in total. The molecule has 0 aliphatic heterocycles. The molecule has 2 rings (SSSR count). The normalized spacial score (nSPS) is 10.4. The lowest BCUT2D eigenvalue weighted by atomic mass is 10.2. The van der Waals surface area contributed by atoms with Gasteiger partial charge in [-0.2, -0.15) is 5.10 Å². The fourth-order valence-corrected chi connectivity index (χ4v) is 2.04. The molecule has 7 heteroatoms. The Labute approximate surface area is 141 Å². The van der Waals surface area contributed by atoms with Gasteiger partial charge in [-0.3, -0.25) is 5.43 Å². The summed E-state index contributed by atoms with van der Waals surface area (Å²) in [5.41, 5.74) is 8.81. The van der Waals surface area contributed by atoms with Crippen LogP contribution in [0, 0.1) is 0 Å². The molecule has 2 aromatic carbocycles. The smallest absolute Gasteiger partial charge is 0.343 e. The number of esters is 1. The first-order valence-corrected chi connectivity index (χ1v) is 7.41. The molecule has 0 spiro atoms. The molecule has 0 radical (unpaired) electrons. The molecule has 0 aromatic heterocycles. The highest BCUT2D eigenvalue weighted by Gasteiger charge is 2.11. The molecule has 0 saturated heterocycles. The van der Waals surface area contributed by atoms with E-state index >= 15 is 0 Å². The average molecular weight is 378 g/mol. The second kappa shape index (κ2) is 7.67. The van der Waals surface area contributed by atoms with Gasteiger partial charge in [-0.05, 0) is 42.5 Å². The number of carbonyl (C=O) groups is 1. The second-order valence-corrected chi connectivity index (χ2v) is 5.53. The molecule has 2 aromatic rings. The Morgan fingerprint density at radius 1 is 1.27 bits per heavy atom. The SMILES string of the molecule is NC(=S)N/N=C\c1cc(Br)ccc1OC(=O)c1ccccc1. The number of ether oxygens (including phenoxy) is 1. The van der Waals surface area contributed by atoms with E-state index in [-0.39, 0.29) is 5.11 Å². The number of carbonyl (C=O) groups excluding carboxylic acids is 1. The van der Waals surface area contributed by atoms with Gasteiger partial charge in [0.15, 0.2) is 5.11 Å². The summed E-state index contributed by atoms with van der Waals surface area (Å²) in [5, 5.41) is 3.92. The van der Waals surface area contributed by atoms with Crippen LogP contribution < -0.4 is 15.9 Å². The highest BCUT2D eigenvalue weighted by atomic mass is 79.9. The third kappa shape index (κ3) is 4.64. The van der Waals surface area contributed by atoms with Crippen molar-refractivity contribution in [2.45, 2.75) is 0 Å². The first kappa shape index (κ1) is 16.1. The molecule has 22 heavy (non-hydrogen) atoms. The standard InChI is InChI=1S/C15H12BrN3O2S/c16-12-6-7-13(11(8-12)9-18-19-15(17)22)21-14(20)10-4-2-1-3-5-10/h1-9H,(H3,17,19,22)/b18-9-. The van der Waals surface area contributed by atoms with Crippen LogP contribution in [0.2, 0.25) is 0 Å². The van der Waals surface area contributed by atoms with E-state index in [1.165, 1.54) is 6.21 Å². The average Bonchev–Trinajstić information content (AvgIpc) is 2.50. The third-order valence-corrected chi connectivity index (χ3v) is 3.15. The molecule has 0 heterocycles. The number of rotatable bonds is 4. The molecule has 0 bridgehead atoms. The first-order valence-electron chi connectivity index (χ1n) is 6.21. The number of benzene rings is 2. The van der Waals surface area contributed by atoms with Crippen molar-refractivity contribution >= 4 is 45.4 Å². The summed E-state index contributed by atoms with van der Waals surface area (Å²) >= 11 is 8.02. The Morgan fingerprint density at radius 3 is 2.68 bits per heavy atom. The van der Waals surface area contributed by atoms with Crippen molar-refractivity contribution in [2.24, 2.45) is 10.8 Å². The van der Waals surface area contributed by atoms with Gasteiger partial charge >= 0.3 is 5.97 Å². The van der Waals surface area contributed by atoms with Crippen LogP contribution in [0.25, 0.3) is 0 Å². The van der Waals surface area contributed by atoms with Crippen LogP contribution >= 0.6 is 28.1 Å². The molecule has 0 atom stereocenters. The lowest BCUT2D eigenvalue weighted by Gasteiger charge is -2.08. The summed E-state index contributed by atoms with van der Waals surface area (Å²) in [6.07, 6.45) is 1.47. The molecular weight excluding hydrogens is 366 g/mol. The minimum Gasteiger partial charge on any atom is -0.422 e. The predicted octanol–water partition coefficient (Wildman–Crippen LogP) is 2.84. The number of nitrogens with one attached hydrogen (secondary N) is 1. The summed E-state index contributed by atoms with van der Waals surface area (Å²) in [6.45, 7) is 0. The molecule has 0 aliphatic carbocycles. The quantitative estimate of drug-likeness (QED) is 0.281. The summed E-state index contributed by atoms with van der Waals surface area (Å²) in [6, 6.07) is 13.9. The Bertz CT molecular complexity index is 720. The van der Waals surface area contributed by atoms with Gasteiger partial charge < -0.3 is 10.5 Å². The zero-order valence-electron chi connectivity index (χ0n) is 11.3. The fraction of sp³-hybridized carbons (Fsp3) is 0. The fourth-order valence-electron chi connectivity index (χ4n) is 1.61. The van der Waals surface area contributed by atoms with Gasteiger partial charge in [0.1, 0.15) is 5.75 Å². The molecule has 5 nitrogen and oxygen atoms in total. The predicted molar refractivity (Wildman–Crippen MR) is 93.1 cm³/mol. The molecule has 0 aliphatic rings. The summed E-state index contributed by atoms with van der Waals surface area (Å²) in [5.74, 6) is -0.0644. The van der Waals surface area contributed by atoms with Crippen LogP contribution in [-0.2, 0) is 0 Å². The largest absolute Gasteiger partial charge is 0.422 e. The minimum absolute atomic E-state index is 0.0501. The molecule has 0 saturated carbocycles. The van der Waals surface area contributed by atoms with E-state index in [9.17, 15) is 4.79 Å². The van der Waals surface area contributed by atoms with Crippen molar-refractivity contribution in [1.29, 1.82) is 0 Å². The maximum Gasteiger partial charge on any atom is 0.343 e. The number of nitrogens with two attached hydrogens (primary N) is 1. The van der Waals surface area contributed by atoms with Gasteiger partial charge in [-0.15, -0.1) is 0 Å². The highest BCUT2D eigenvalue weighted by molar-refractivity contribution is 9.10. The van der Waals surface area contributed by atoms with Crippen LogP contribution in [0.5, 0.6) is 5.75 Å². The van der Waals surface area contributed by atoms with Crippen molar-refractivity contribution in [1.82, 2.24) is 5.43 Å². The van der Waals surface area contributed by atoms with E-state index in [0.29, 0.717) is 16.9 Å². The van der Waals surface area contributed by atoms with Crippen molar-refractivity contribution in [3.05, 3.63) is 64.1 Å². The van der Waals surface area contributed by atoms with Crippen LogP contribution in [0.3, 0.4) is 0 Å². The van der Waals surface area contributed by atoms with Gasteiger partial charge in [-0.25, -0.2) is 4.79 Å². The van der Waals surface area contributed by atoms with Gasteiger partial charge in [0.2, 0.25) is 0 Å². The summed E-state index contributed by atoms with van der Waals surface area (Å²) < 4.78 is 6.22. The van der Waals surface area contributed by atoms with Crippen LogP contribution in [-0.4, -0.2) is 17.3 Å². The van der Waals surface area contributed by atoms with E-state index < -0.39 is 5.97 Å². The summed E-state index contributed by atoms with van der Waals surface area (Å²) in [7, 11) is 0. The van der Waals surface area contributed by atoms with Crippen molar-refractivity contribution in [2.75, 3.05) is 0 Å². The summed E-state index contributed by atoms with van der Waals surface area (Å²) in [4.78, 5) is 12.1. The van der Waals surface area contributed by atoms with Gasteiger partial charge in [-0.1, -0.05) is 34.1 Å². The number of hydrogen-bond donors (Lipinski definition) is 2. The molecule has 0 unspecified atom stereocenters. The Morgan fingerprint density at radius 2 is 2.00 bits per heavy atom. The van der Waals surface area contributed by atoms with Crippen molar-refractivity contribution in [3.63, 3.8) is 0 Å². The van der Waals surface area contributed by atoms with E-state index in [0.717, 1.165) is 4.47 Å². The highest BCUT2D eigenvalue weighted by Crippen LogP contribution is 2.22. The van der Waals surface area contributed by atoms with Crippen LogP contribution in [0.4, 0.5) is 0 Å². The number of halogens is 1. The molecule has 0 fully saturated rings. The van der Waals surface area contributed by atoms with Gasteiger partial charge in [0.05, 0.1) is 11.8 Å². The monoisotopic (exact) mass is 377 g/mol. The maximum atomic E-state index is 12.1. The molecule has 0 amide bonds. The van der Waals surface area contributed by atoms with Gasteiger partial charge in [0.25, 0.3) is 0 Å². The zero-order chi connectivity index (χ0) is 15.9. The van der Waals surface area contributed by atoms with Crippen LogP contribution in [0.15, 0.2) is 58.1 Å². The number of hydrogen-bond acceptors (Lipinski definition) is 4. The molecular formula is C15H12BrN3O2S. The van der Waals surface area contributed by atoms with Crippen LogP contribution in [0.1, 0.15) is 15.9 Å².